The number of morpholine rings is 6. The van der Waals surface area contributed by atoms with E-state index in [2.05, 4.69) is 65.0 Å². The molecule has 15 rings (SSSR count). The maximum atomic E-state index is 16.6. The van der Waals surface area contributed by atoms with E-state index in [0.29, 0.717) is 35.4 Å². The first-order chi connectivity index (χ1) is 61.2. The number of hydrogen-bond donors (Lipinski definition) is 7. The van der Waals surface area contributed by atoms with Crippen molar-refractivity contribution in [2.45, 2.75) is 101 Å². The lowest BCUT2D eigenvalue weighted by Gasteiger charge is -2.47. The molecule has 7 aliphatic rings. The Morgan fingerprint density at radius 2 is 0.829 bits per heavy atom. The minimum absolute atomic E-state index is 0.0315. The van der Waals surface area contributed by atoms with E-state index in [-0.39, 0.29) is 131 Å². The number of H-pyrrole nitrogens is 1. The van der Waals surface area contributed by atoms with Crippen LogP contribution in [-0.2, 0) is 73.9 Å². The molecule has 0 radical (unpaired) electrons. The fraction of sp³-hybridized carbons (Fsp3) is 0.629. The van der Waals surface area contributed by atoms with Crippen LogP contribution in [0.3, 0.4) is 0 Å². The van der Waals surface area contributed by atoms with E-state index in [1.165, 1.54) is 149 Å². The van der Waals surface area contributed by atoms with Crippen LogP contribution < -0.4 is 50.9 Å². The van der Waals surface area contributed by atoms with Gasteiger partial charge in [-0.1, -0.05) is 0 Å². The van der Waals surface area contributed by atoms with Gasteiger partial charge in [0.15, 0.2) is 53.1 Å². The van der Waals surface area contributed by atoms with Crippen molar-refractivity contribution in [3.63, 3.8) is 0 Å². The Balaban J connectivity index is 0.687. The van der Waals surface area contributed by atoms with Gasteiger partial charge in [-0.2, -0.15) is 4.98 Å². The van der Waals surface area contributed by atoms with E-state index < -0.39 is 155 Å². The van der Waals surface area contributed by atoms with Crippen LogP contribution in [0.4, 0.5) is 28.1 Å². The topological polar surface area (TPSA) is 606 Å². The average Bonchev–Trinajstić information content (AvgIpc) is 1.51. The molecule has 706 valence electrons. The highest BCUT2D eigenvalue weighted by molar-refractivity contribution is 7.55. The van der Waals surface area contributed by atoms with Gasteiger partial charge in [-0.15, -0.1) is 0 Å². The Hall–Kier alpha value is -8.35. The lowest BCUT2D eigenvalue weighted by Crippen LogP contribution is -2.59. The van der Waals surface area contributed by atoms with Crippen LogP contribution in [0.2, 0.25) is 0 Å². The lowest BCUT2D eigenvalue weighted by molar-refractivity contribution is -0.140. The zero-order chi connectivity index (χ0) is 92.3. The van der Waals surface area contributed by atoms with E-state index in [0.717, 1.165) is 4.57 Å². The molecule has 6 unspecified atom stereocenters. The Labute approximate surface area is 739 Å². The first-order valence-electron chi connectivity index (χ1n) is 41.3. The van der Waals surface area contributed by atoms with Crippen molar-refractivity contribution in [3.05, 3.63) is 106 Å². The van der Waals surface area contributed by atoms with Gasteiger partial charge in [0, 0.05) is 76.0 Å². The molecule has 8 aromatic heterocycles. The number of aromatic amines is 1. The maximum absolute atomic E-state index is 16.6. The molecule has 129 heavy (non-hydrogen) atoms. The fourth-order valence-corrected chi connectivity index (χ4v) is 26.0. The molecule has 6 saturated heterocycles. The van der Waals surface area contributed by atoms with Gasteiger partial charge < -0.3 is 85.0 Å². The summed E-state index contributed by atoms with van der Waals surface area (Å²) in [5.74, 6) is 0.331. The monoisotopic (exact) mass is 1900 g/mol. The number of nitrogens with zero attached hydrogens (tertiary/aromatic N) is 27. The minimum atomic E-state index is -4.47. The first-order valence-corrected chi connectivity index (χ1v) is 48.9. The van der Waals surface area contributed by atoms with E-state index >= 15 is 22.8 Å². The van der Waals surface area contributed by atoms with Gasteiger partial charge in [0.1, 0.15) is 60.0 Å². The fourth-order valence-electron chi connectivity index (χ4n) is 16.1. The summed E-state index contributed by atoms with van der Waals surface area (Å²) in [4.78, 5) is 103. The summed E-state index contributed by atoms with van der Waals surface area (Å²) < 4.78 is 176. The molecule has 6 fully saturated rings. The average molecular weight is 1900 g/mol. The molecule has 12 N–H and O–H groups in total. The molecule has 0 aromatic carbocycles. The molecule has 17 atom stereocenters. The van der Waals surface area contributed by atoms with Crippen molar-refractivity contribution < 1.29 is 78.7 Å². The highest BCUT2D eigenvalue weighted by Gasteiger charge is 2.52. The predicted octanol–water partition coefficient (Wildman–Crippen LogP) is 0.269. The van der Waals surface area contributed by atoms with Crippen LogP contribution in [0.25, 0.3) is 33.5 Å². The predicted molar refractivity (Wildman–Crippen MR) is 466 cm³/mol. The van der Waals surface area contributed by atoms with Gasteiger partial charge in [-0.05, 0) is 103 Å². The molecule has 2 amide bonds. The summed E-state index contributed by atoms with van der Waals surface area (Å²) in [6, 6.07) is 0.792. The largest absolute Gasteiger partial charge is 0.383 e. The molecule has 54 nitrogen and oxygen atoms in total. The van der Waals surface area contributed by atoms with Crippen LogP contribution in [0, 0.1) is 6.92 Å². The van der Waals surface area contributed by atoms with Crippen LogP contribution in [0.5, 0.6) is 0 Å². The third kappa shape index (κ3) is 19.6. The Bertz CT molecular complexity index is 5860. The molecule has 59 heteroatoms. The summed E-state index contributed by atoms with van der Waals surface area (Å²) in [7, 11) is -5.96. The smallest absolute Gasteiger partial charge is 0.351 e. The van der Waals surface area contributed by atoms with E-state index in [4.69, 9.17) is 79.7 Å². The number of urea groups is 1. The minimum Gasteiger partial charge on any atom is -0.383 e. The summed E-state index contributed by atoms with van der Waals surface area (Å²) in [6.07, 6.45) is 1.56. The van der Waals surface area contributed by atoms with Gasteiger partial charge in [-0.3, -0.25) is 65.2 Å². The van der Waals surface area contributed by atoms with Crippen LogP contribution >= 0.6 is 38.4 Å². The Morgan fingerprint density at radius 1 is 0.465 bits per heavy atom. The number of aryl methyl sites for hydroxylation is 1. The molecular formula is C70H111N34O20P5. The molecular weight excluding hydrogens is 1790 g/mol. The van der Waals surface area contributed by atoms with Gasteiger partial charge >= 0.3 is 55.8 Å². The van der Waals surface area contributed by atoms with E-state index in [9.17, 15) is 19.2 Å². The highest BCUT2D eigenvalue weighted by Crippen LogP contribution is 2.61. The number of rotatable bonds is 32. The molecule has 0 spiro atoms. The van der Waals surface area contributed by atoms with Crippen molar-refractivity contribution >= 4 is 101 Å². The summed E-state index contributed by atoms with van der Waals surface area (Å²) in [5, 5.41) is 2.67. The molecule has 0 saturated carbocycles. The van der Waals surface area contributed by atoms with Crippen molar-refractivity contribution in [1.82, 2.24) is 139 Å². The number of nitrogens with two attached hydrogens (primary N) is 5. The number of nitrogen functional groups attached to an aromatic ring is 4. The number of fused-ring (bicyclic) bond motifs is 3. The first kappa shape index (κ1) is 95.3. The number of aromatic nitrogens is 16. The number of nitrogens with one attached hydrogen (secondary N) is 2. The summed E-state index contributed by atoms with van der Waals surface area (Å²) in [5.41, 5.74) is 30.6. The number of carbonyl (C=O) groups excluding carboxylic acids is 1. The summed E-state index contributed by atoms with van der Waals surface area (Å²) >= 11 is 0. The van der Waals surface area contributed by atoms with Crippen molar-refractivity contribution in [2.75, 3.05) is 212 Å². The third-order valence-electron chi connectivity index (χ3n) is 22.9. The number of anilines is 4. The van der Waals surface area contributed by atoms with Gasteiger partial charge in [0.05, 0.1) is 128 Å². The van der Waals surface area contributed by atoms with Gasteiger partial charge in [0.2, 0.25) is 0 Å². The van der Waals surface area contributed by atoms with Crippen molar-refractivity contribution in [3.8, 4) is 0 Å². The van der Waals surface area contributed by atoms with E-state index in [1.807, 2.05) is 13.8 Å². The number of carbonyl (C=O) groups is 1. The van der Waals surface area contributed by atoms with Crippen LogP contribution in [0.1, 0.15) is 50.6 Å². The second-order valence-corrected chi connectivity index (χ2v) is 46.0. The second kappa shape index (κ2) is 38.7. The molecule has 0 bridgehead atoms. The summed E-state index contributed by atoms with van der Waals surface area (Å²) in [6.45, 7) is 2.58. The SMILES string of the molecule is Cc1cn([C@H]2CN(P(=O)(OC[C@@H]3CN(P(=O)(OC[C@@H]4CN(C(C)C)C[C@H](n5cnc6c(N)ncnc65)O4)N(C)C)C[C@H](n4ccc(N)nc4=O)O3)N(C)C)C[C@@H](COP(=O)(N(C)C)N3C[C@@H](COP(=O)(N(C)C)N4C[C@@H](COP(=O)(N(C)C)N5CCO[C@@H](n6cnc7c(N)ncnc76)C5)O[C@@H](N5C=CC(N)NC5=O)C4)O[C@@H](n4cnc5c(N)ncnc54)C3)O2)c(=O)[nH]c1=O. The number of amides is 2. The second-order valence-electron chi connectivity index (χ2n) is 33.0. The van der Waals surface area contributed by atoms with E-state index in [1.54, 1.807) is 67.0 Å². The number of hydrogen-bond acceptors (Lipinski definition) is 36. The quantitative estimate of drug-likeness (QED) is 0.0278. The van der Waals surface area contributed by atoms with Gasteiger partial charge in [0.25, 0.3) is 5.56 Å². The Kier molecular flexibility index (Phi) is 28.6. The van der Waals surface area contributed by atoms with Crippen molar-refractivity contribution in [2.24, 2.45) is 5.73 Å². The van der Waals surface area contributed by atoms with Crippen LogP contribution in [-0.4, -0.2) is 378 Å². The highest BCUT2D eigenvalue weighted by atomic mass is 31.2. The normalized spacial score (nSPS) is 27.3. The molecule has 8 aromatic rings. The third-order valence-corrected chi connectivity index (χ3v) is 35.6. The van der Waals surface area contributed by atoms with Gasteiger partial charge in [-0.25, -0.2) is 106 Å². The Morgan fingerprint density at radius 3 is 1.23 bits per heavy atom. The zero-order valence-electron chi connectivity index (χ0n) is 73.4. The molecule has 0 aliphatic carbocycles. The zero-order valence-corrected chi connectivity index (χ0v) is 77.9. The maximum Gasteiger partial charge on any atom is 0.351 e. The molecule has 7 aliphatic heterocycles. The van der Waals surface area contributed by atoms with Crippen molar-refractivity contribution in [1.29, 1.82) is 0 Å². The number of ether oxygens (including phenoxy) is 6. The van der Waals surface area contributed by atoms with Crippen LogP contribution in [0.15, 0.2) is 83.1 Å². The standard InChI is InChI=1S/C70H111N34O20P5/c1-43(2)93-21-45(120-53(26-93)103-41-83-59-62(74)77-38-80-65(59)103)32-116-126(110,89(6)7)95-23-47(122-55(28-95)100-17-15-51(72)86-69(100)107)34-117-128(112,91(10)11)97-24-48(123-56(30-97)101-20-44(3)67(105)87-70(101)108)35-118-129(113,92(12)13)98-25-49(124-57(31-98)104-42-84-60-63(75)78-39-81-66(60)104)36-119-127(111,90(8)9)96-22-46(121-54(29-96)99-16-14-50(71)85-68(99)106)33-115-125(109,88(4)5)94-18-19-114-52(27-94)102-40-82-58-61(73)76-37-79-64(58)102/h14-17,20,37-43,45-50,52-57H,18-19,21-36,71H2,1-13H3,(H,85,106)(H2,72,86,107)(H2,73,76,79)(H2,74,77,80)(H2,75,78,81)(H,87,105,108)/t45-,46-,47-,48-,49-,50?,52+,53+,54+,55+,56+,57+,125?,126?,127?,128?,129?/m0/s1. The number of imidazole rings is 3. The lowest BCUT2D eigenvalue weighted by atomic mass is 10.2. The molecule has 15 heterocycles.